The average molecular weight is 338 g/mol. The summed E-state index contributed by atoms with van der Waals surface area (Å²) in [6, 6.07) is 3.28. The van der Waals surface area contributed by atoms with Crippen LogP contribution in [0.4, 0.5) is 17.6 Å². The SMILES string of the molecule is O=C1CCC(=O)C1c1ccc(-c2cncc(F)c2)nc1C(F)(F)F. The van der Waals surface area contributed by atoms with Gasteiger partial charge >= 0.3 is 6.18 Å². The lowest BCUT2D eigenvalue weighted by molar-refractivity contribution is -0.142. The third-order valence-corrected chi connectivity index (χ3v) is 3.77. The second-order valence-electron chi connectivity index (χ2n) is 5.39. The van der Waals surface area contributed by atoms with E-state index in [0.29, 0.717) is 0 Å². The fraction of sp³-hybridized carbons (Fsp3) is 0.250. The van der Waals surface area contributed by atoms with Gasteiger partial charge in [0.05, 0.1) is 11.9 Å². The standard InChI is InChI=1S/C16H10F4N2O2/c17-9-5-8(6-21-7-9)11-2-1-10(15(22-11)16(18,19)20)14-12(23)3-4-13(14)24/h1-2,5-7,14H,3-4H2. The first-order chi connectivity index (χ1) is 11.3. The van der Waals surface area contributed by atoms with E-state index < -0.39 is 40.7 Å². The van der Waals surface area contributed by atoms with Gasteiger partial charge in [-0.15, -0.1) is 0 Å². The Bertz CT molecular complexity index is 817. The number of ketones is 2. The van der Waals surface area contributed by atoms with Gasteiger partial charge < -0.3 is 0 Å². The molecule has 8 heteroatoms. The van der Waals surface area contributed by atoms with E-state index in [1.54, 1.807) is 0 Å². The highest BCUT2D eigenvalue weighted by Gasteiger charge is 2.43. The van der Waals surface area contributed by atoms with Crippen molar-refractivity contribution >= 4 is 11.6 Å². The van der Waals surface area contributed by atoms with E-state index in [1.165, 1.54) is 12.3 Å². The minimum Gasteiger partial charge on any atom is -0.299 e. The van der Waals surface area contributed by atoms with E-state index in [1.807, 2.05) is 0 Å². The van der Waals surface area contributed by atoms with Crippen LogP contribution in [0.2, 0.25) is 0 Å². The Balaban J connectivity index is 2.15. The number of hydrogen-bond acceptors (Lipinski definition) is 4. The number of nitrogens with zero attached hydrogens (tertiary/aromatic N) is 2. The van der Waals surface area contributed by atoms with Gasteiger partial charge in [0.15, 0.2) is 0 Å². The summed E-state index contributed by atoms with van der Waals surface area (Å²) in [6.07, 6.45) is -2.91. The maximum absolute atomic E-state index is 13.4. The molecule has 3 rings (SSSR count). The van der Waals surface area contributed by atoms with Crippen molar-refractivity contribution in [3.63, 3.8) is 0 Å². The number of rotatable bonds is 2. The second-order valence-corrected chi connectivity index (χ2v) is 5.39. The topological polar surface area (TPSA) is 59.9 Å². The van der Waals surface area contributed by atoms with Gasteiger partial charge in [-0.25, -0.2) is 9.37 Å². The number of pyridine rings is 2. The highest BCUT2D eigenvalue weighted by molar-refractivity contribution is 6.13. The molecule has 1 saturated carbocycles. The Morgan fingerprint density at radius 2 is 1.71 bits per heavy atom. The van der Waals surface area contributed by atoms with E-state index in [0.717, 1.165) is 18.3 Å². The maximum atomic E-state index is 13.4. The molecular formula is C16H10F4N2O2. The summed E-state index contributed by atoms with van der Waals surface area (Å²) in [5, 5.41) is 0. The molecular weight excluding hydrogens is 328 g/mol. The Morgan fingerprint density at radius 3 is 2.29 bits per heavy atom. The van der Waals surface area contributed by atoms with Crippen molar-refractivity contribution in [2.75, 3.05) is 0 Å². The van der Waals surface area contributed by atoms with Crippen LogP contribution in [0.25, 0.3) is 11.3 Å². The molecule has 0 aliphatic heterocycles. The van der Waals surface area contributed by atoms with Crippen molar-refractivity contribution in [3.05, 3.63) is 47.7 Å². The quantitative estimate of drug-likeness (QED) is 0.623. The zero-order valence-corrected chi connectivity index (χ0v) is 12.1. The van der Waals surface area contributed by atoms with Crippen LogP contribution >= 0.6 is 0 Å². The molecule has 0 bridgehead atoms. The number of alkyl halides is 3. The molecule has 2 aromatic heterocycles. The minimum absolute atomic E-state index is 0.0659. The Hall–Kier alpha value is -2.64. The molecule has 0 N–H and O–H groups in total. The minimum atomic E-state index is -4.85. The molecule has 4 nitrogen and oxygen atoms in total. The molecule has 1 aliphatic carbocycles. The fourth-order valence-electron chi connectivity index (χ4n) is 2.70. The summed E-state index contributed by atoms with van der Waals surface area (Å²) in [5.41, 5.74) is -1.84. The molecule has 0 radical (unpaired) electrons. The number of Topliss-reactive ketones (excluding diaryl/α,β-unsaturated/α-hetero) is 2. The lowest BCUT2D eigenvalue weighted by Gasteiger charge is -2.16. The van der Waals surface area contributed by atoms with Gasteiger partial charge in [-0.05, 0) is 12.1 Å². The van der Waals surface area contributed by atoms with Crippen molar-refractivity contribution in [1.29, 1.82) is 0 Å². The molecule has 1 fully saturated rings. The second kappa shape index (κ2) is 5.77. The van der Waals surface area contributed by atoms with Crippen LogP contribution in [0.3, 0.4) is 0 Å². The van der Waals surface area contributed by atoms with Crippen molar-refractivity contribution in [2.24, 2.45) is 0 Å². The van der Waals surface area contributed by atoms with E-state index in [4.69, 9.17) is 0 Å². The summed E-state index contributed by atoms with van der Waals surface area (Å²) in [7, 11) is 0. The van der Waals surface area contributed by atoms with Crippen LogP contribution in [0.1, 0.15) is 30.0 Å². The smallest absolute Gasteiger partial charge is 0.299 e. The first-order valence-corrected chi connectivity index (χ1v) is 7.02. The third-order valence-electron chi connectivity index (χ3n) is 3.77. The molecule has 124 valence electrons. The largest absolute Gasteiger partial charge is 0.433 e. The molecule has 0 spiro atoms. The van der Waals surface area contributed by atoms with Gasteiger partial charge in [0, 0.05) is 30.2 Å². The third kappa shape index (κ3) is 2.91. The van der Waals surface area contributed by atoms with Gasteiger partial charge in [-0.3, -0.25) is 14.6 Å². The van der Waals surface area contributed by atoms with Crippen LogP contribution in [-0.2, 0) is 15.8 Å². The normalized spacial score (nSPS) is 16.0. The first-order valence-electron chi connectivity index (χ1n) is 7.02. The van der Waals surface area contributed by atoms with Crippen LogP contribution in [0.5, 0.6) is 0 Å². The van der Waals surface area contributed by atoms with Crippen LogP contribution in [0.15, 0.2) is 30.6 Å². The van der Waals surface area contributed by atoms with E-state index in [9.17, 15) is 27.2 Å². The number of carbonyl (C=O) groups excluding carboxylic acids is 2. The molecule has 24 heavy (non-hydrogen) atoms. The zero-order valence-electron chi connectivity index (χ0n) is 12.1. The molecule has 0 unspecified atom stereocenters. The van der Waals surface area contributed by atoms with E-state index in [2.05, 4.69) is 9.97 Å². The van der Waals surface area contributed by atoms with Gasteiger partial charge in [0.1, 0.15) is 29.0 Å². The van der Waals surface area contributed by atoms with Gasteiger partial charge in [-0.1, -0.05) is 6.07 Å². The predicted octanol–water partition coefficient (Wildman–Crippen LogP) is 3.32. The summed E-state index contributed by atoms with van der Waals surface area (Å²) < 4.78 is 53.3. The van der Waals surface area contributed by atoms with Crippen molar-refractivity contribution in [1.82, 2.24) is 9.97 Å². The predicted molar refractivity (Wildman–Crippen MR) is 74.4 cm³/mol. The fourth-order valence-corrected chi connectivity index (χ4v) is 2.70. The summed E-state index contributed by atoms with van der Waals surface area (Å²) >= 11 is 0. The Kier molecular flexibility index (Phi) is 3.90. The molecule has 0 aromatic carbocycles. The molecule has 0 amide bonds. The van der Waals surface area contributed by atoms with Crippen molar-refractivity contribution in [2.45, 2.75) is 24.9 Å². The van der Waals surface area contributed by atoms with Gasteiger partial charge in [-0.2, -0.15) is 13.2 Å². The van der Waals surface area contributed by atoms with Gasteiger partial charge in [0.25, 0.3) is 0 Å². The number of halogens is 4. The van der Waals surface area contributed by atoms with Crippen LogP contribution < -0.4 is 0 Å². The van der Waals surface area contributed by atoms with Crippen molar-refractivity contribution < 1.29 is 27.2 Å². The number of carbonyl (C=O) groups is 2. The van der Waals surface area contributed by atoms with Gasteiger partial charge in [0.2, 0.25) is 0 Å². The summed E-state index contributed by atoms with van der Waals surface area (Å²) in [4.78, 5) is 30.7. The highest BCUT2D eigenvalue weighted by atomic mass is 19.4. The maximum Gasteiger partial charge on any atom is 0.433 e. The van der Waals surface area contributed by atoms with Crippen molar-refractivity contribution in [3.8, 4) is 11.3 Å². The lowest BCUT2D eigenvalue weighted by Crippen LogP contribution is -2.20. The summed E-state index contributed by atoms with van der Waals surface area (Å²) in [6.45, 7) is 0. The average Bonchev–Trinajstić information content (AvgIpc) is 2.85. The molecule has 2 aromatic rings. The first kappa shape index (κ1) is 16.2. The molecule has 0 atom stereocenters. The Labute approximate surface area is 133 Å². The Morgan fingerprint density at radius 1 is 1.04 bits per heavy atom. The van der Waals surface area contributed by atoms with Crippen LogP contribution in [0, 0.1) is 5.82 Å². The highest BCUT2D eigenvalue weighted by Crippen LogP contribution is 2.38. The molecule has 2 heterocycles. The summed E-state index contributed by atoms with van der Waals surface area (Å²) in [5.74, 6) is -3.25. The molecule has 0 saturated heterocycles. The number of hydrogen-bond donors (Lipinski definition) is 0. The van der Waals surface area contributed by atoms with Crippen LogP contribution in [-0.4, -0.2) is 21.5 Å². The van der Waals surface area contributed by atoms with E-state index >= 15 is 0 Å². The van der Waals surface area contributed by atoms with E-state index in [-0.39, 0.29) is 24.1 Å². The monoisotopic (exact) mass is 338 g/mol. The molecule has 1 aliphatic rings. The number of aromatic nitrogens is 2. The zero-order chi connectivity index (χ0) is 17.5. The lowest BCUT2D eigenvalue weighted by atomic mass is 9.93.